The molecule has 2 aromatic carbocycles. The van der Waals surface area contributed by atoms with Crippen LogP contribution in [0, 0.1) is 6.92 Å². The van der Waals surface area contributed by atoms with Gasteiger partial charge in [-0.25, -0.2) is 9.97 Å². The zero-order valence-electron chi connectivity index (χ0n) is 12.5. The zero-order valence-corrected chi connectivity index (χ0v) is 12.5. The monoisotopic (exact) mass is 293 g/mol. The molecule has 0 saturated carbocycles. The van der Waals surface area contributed by atoms with Crippen LogP contribution >= 0.6 is 0 Å². The summed E-state index contributed by atoms with van der Waals surface area (Å²) in [4.78, 5) is 8.70. The third-order valence-corrected chi connectivity index (χ3v) is 3.72. The number of aliphatic hydroxyl groups excluding tert-OH is 1. The third-order valence-electron chi connectivity index (χ3n) is 3.72. The SMILES string of the molecule is Cc1ccc2ncnc(N[C@@H](CCO)c3ccccc3)c2c1. The van der Waals surface area contributed by atoms with Crippen molar-refractivity contribution in [1.82, 2.24) is 9.97 Å². The summed E-state index contributed by atoms with van der Waals surface area (Å²) in [6, 6.07) is 16.3. The lowest BCUT2D eigenvalue weighted by Crippen LogP contribution is -2.13. The van der Waals surface area contributed by atoms with Crippen molar-refractivity contribution < 1.29 is 5.11 Å². The van der Waals surface area contributed by atoms with E-state index in [2.05, 4.69) is 40.4 Å². The molecule has 0 aliphatic heterocycles. The average molecular weight is 293 g/mol. The quantitative estimate of drug-likeness (QED) is 0.756. The van der Waals surface area contributed by atoms with Crippen LogP contribution in [-0.2, 0) is 0 Å². The Kier molecular flexibility index (Phi) is 4.30. The summed E-state index contributed by atoms with van der Waals surface area (Å²) >= 11 is 0. The Hall–Kier alpha value is -2.46. The molecular formula is C18H19N3O. The van der Waals surface area contributed by atoms with Gasteiger partial charge in [0.2, 0.25) is 0 Å². The molecule has 3 aromatic rings. The first kappa shape index (κ1) is 14.5. The molecule has 1 heterocycles. The molecule has 0 saturated heterocycles. The van der Waals surface area contributed by atoms with Crippen LogP contribution in [0.4, 0.5) is 5.82 Å². The predicted molar refractivity (Wildman–Crippen MR) is 88.8 cm³/mol. The molecule has 4 nitrogen and oxygen atoms in total. The summed E-state index contributed by atoms with van der Waals surface area (Å²) < 4.78 is 0. The number of nitrogens with zero attached hydrogens (tertiary/aromatic N) is 2. The molecule has 0 aliphatic carbocycles. The van der Waals surface area contributed by atoms with Crippen LogP contribution in [0.1, 0.15) is 23.6 Å². The average Bonchev–Trinajstić information content (AvgIpc) is 2.56. The number of nitrogens with one attached hydrogen (secondary N) is 1. The molecule has 112 valence electrons. The molecule has 0 fully saturated rings. The molecule has 0 amide bonds. The van der Waals surface area contributed by atoms with Crippen LogP contribution in [0.3, 0.4) is 0 Å². The Bertz CT molecular complexity index is 759. The Morgan fingerprint density at radius 3 is 2.68 bits per heavy atom. The summed E-state index contributed by atoms with van der Waals surface area (Å²) in [7, 11) is 0. The van der Waals surface area contributed by atoms with E-state index < -0.39 is 0 Å². The highest BCUT2D eigenvalue weighted by Crippen LogP contribution is 2.26. The number of aromatic nitrogens is 2. The highest BCUT2D eigenvalue weighted by molar-refractivity contribution is 5.89. The second-order valence-corrected chi connectivity index (χ2v) is 5.36. The van der Waals surface area contributed by atoms with Gasteiger partial charge in [-0.15, -0.1) is 0 Å². The first-order chi connectivity index (χ1) is 10.8. The van der Waals surface area contributed by atoms with Gasteiger partial charge in [-0.2, -0.15) is 0 Å². The van der Waals surface area contributed by atoms with E-state index in [9.17, 15) is 5.11 Å². The summed E-state index contributed by atoms with van der Waals surface area (Å²) in [5, 5.41) is 13.8. The maximum atomic E-state index is 9.36. The van der Waals surface area contributed by atoms with Gasteiger partial charge in [0.25, 0.3) is 0 Å². The van der Waals surface area contributed by atoms with E-state index in [0.717, 1.165) is 22.3 Å². The second-order valence-electron chi connectivity index (χ2n) is 5.36. The number of hydrogen-bond donors (Lipinski definition) is 2. The van der Waals surface area contributed by atoms with Crippen LogP contribution in [0.5, 0.6) is 0 Å². The molecule has 0 bridgehead atoms. The van der Waals surface area contributed by atoms with Gasteiger partial charge in [-0.3, -0.25) is 0 Å². The molecule has 0 spiro atoms. The van der Waals surface area contributed by atoms with Gasteiger partial charge in [-0.1, -0.05) is 42.0 Å². The van der Waals surface area contributed by atoms with Crippen molar-refractivity contribution in [2.45, 2.75) is 19.4 Å². The molecule has 4 heteroatoms. The lowest BCUT2D eigenvalue weighted by molar-refractivity contribution is 0.280. The number of aliphatic hydroxyl groups is 1. The third kappa shape index (κ3) is 3.07. The number of aryl methyl sites for hydroxylation is 1. The van der Waals surface area contributed by atoms with E-state index in [0.29, 0.717) is 6.42 Å². The molecule has 0 radical (unpaired) electrons. The van der Waals surface area contributed by atoms with Gasteiger partial charge < -0.3 is 10.4 Å². The maximum absolute atomic E-state index is 9.36. The van der Waals surface area contributed by atoms with Crippen molar-refractivity contribution >= 4 is 16.7 Å². The van der Waals surface area contributed by atoms with Gasteiger partial charge in [0.15, 0.2) is 0 Å². The minimum atomic E-state index is 0.0183. The molecule has 0 unspecified atom stereocenters. The van der Waals surface area contributed by atoms with Gasteiger partial charge in [0.1, 0.15) is 12.1 Å². The number of anilines is 1. The molecule has 0 aliphatic rings. The van der Waals surface area contributed by atoms with Crippen molar-refractivity contribution in [3.05, 3.63) is 66.0 Å². The van der Waals surface area contributed by atoms with E-state index in [1.165, 1.54) is 5.56 Å². The summed E-state index contributed by atoms with van der Waals surface area (Å²) in [5.74, 6) is 0.802. The maximum Gasteiger partial charge on any atom is 0.137 e. The van der Waals surface area contributed by atoms with Crippen molar-refractivity contribution in [2.24, 2.45) is 0 Å². The van der Waals surface area contributed by atoms with Crippen molar-refractivity contribution in [1.29, 1.82) is 0 Å². The van der Waals surface area contributed by atoms with Crippen molar-refractivity contribution in [2.75, 3.05) is 11.9 Å². The van der Waals surface area contributed by atoms with Crippen LogP contribution < -0.4 is 5.32 Å². The Morgan fingerprint density at radius 1 is 1.09 bits per heavy atom. The van der Waals surface area contributed by atoms with E-state index in [-0.39, 0.29) is 12.6 Å². The topological polar surface area (TPSA) is 58.0 Å². The number of rotatable bonds is 5. The molecule has 22 heavy (non-hydrogen) atoms. The van der Waals surface area contributed by atoms with Crippen LogP contribution in [0.2, 0.25) is 0 Å². The fourth-order valence-corrected chi connectivity index (χ4v) is 2.59. The Balaban J connectivity index is 1.98. The van der Waals surface area contributed by atoms with E-state index >= 15 is 0 Å². The minimum Gasteiger partial charge on any atom is -0.396 e. The highest BCUT2D eigenvalue weighted by atomic mass is 16.3. The van der Waals surface area contributed by atoms with E-state index in [1.807, 2.05) is 30.3 Å². The fourth-order valence-electron chi connectivity index (χ4n) is 2.59. The molecule has 2 N–H and O–H groups in total. The number of fused-ring (bicyclic) bond motifs is 1. The van der Waals surface area contributed by atoms with Gasteiger partial charge in [-0.05, 0) is 31.0 Å². The smallest absolute Gasteiger partial charge is 0.137 e. The van der Waals surface area contributed by atoms with Crippen molar-refractivity contribution in [3.8, 4) is 0 Å². The minimum absolute atomic E-state index is 0.0183. The van der Waals surface area contributed by atoms with Gasteiger partial charge in [0, 0.05) is 12.0 Å². The fraction of sp³-hybridized carbons (Fsp3) is 0.222. The standard InChI is InChI=1S/C18H19N3O/c1-13-7-8-17-15(11-13)18(20-12-19-17)21-16(9-10-22)14-5-3-2-4-6-14/h2-8,11-12,16,22H,9-10H2,1H3,(H,19,20,21)/t16-/m0/s1. The lowest BCUT2D eigenvalue weighted by Gasteiger charge is -2.20. The Labute approximate surface area is 129 Å². The first-order valence-corrected chi connectivity index (χ1v) is 7.41. The summed E-state index contributed by atoms with van der Waals surface area (Å²) in [5.41, 5.74) is 3.22. The van der Waals surface area contributed by atoms with Gasteiger partial charge in [0.05, 0.1) is 11.6 Å². The van der Waals surface area contributed by atoms with Crippen molar-refractivity contribution in [3.63, 3.8) is 0 Å². The second kappa shape index (κ2) is 6.54. The molecule has 3 rings (SSSR count). The highest BCUT2D eigenvalue weighted by Gasteiger charge is 2.13. The van der Waals surface area contributed by atoms with E-state index in [1.54, 1.807) is 6.33 Å². The Morgan fingerprint density at radius 2 is 1.91 bits per heavy atom. The first-order valence-electron chi connectivity index (χ1n) is 7.41. The zero-order chi connectivity index (χ0) is 15.4. The summed E-state index contributed by atoms with van der Waals surface area (Å²) in [6.45, 7) is 2.17. The van der Waals surface area contributed by atoms with E-state index in [4.69, 9.17) is 0 Å². The largest absolute Gasteiger partial charge is 0.396 e. The van der Waals surface area contributed by atoms with Crippen LogP contribution in [-0.4, -0.2) is 21.7 Å². The molecule has 1 atom stereocenters. The predicted octanol–water partition coefficient (Wildman–Crippen LogP) is 3.47. The molecular weight excluding hydrogens is 274 g/mol. The van der Waals surface area contributed by atoms with Crippen LogP contribution in [0.25, 0.3) is 10.9 Å². The molecule has 1 aromatic heterocycles. The van der Waals surface area contributed by atoms with Gasteiger partial charge >= 0.3 is 0 Å². The lowest BCUT2D eigenvalue weighted by atomic mass is 10.0. The van der Waals surface area contributed by atoms with Crippen LogP contribution in [0.15, 0.2) is 54.9 Å². The normalized spacial score (nSPS) is 12.3. The number of hydrogen-bond acceptors (Lipinski definition) is 4. The number of benzene rings is 2. The summed E-state index contributed by atoms with van der Waals surface area (Å²) in [6.07, 6.45) is 2.20.